The van der Waals surface area contributed by atoms with Crippen molar-refractivity contribution in [3.63, 3.8) is 0 Å². The molecule has 13 heavy (non-hydrogen) atoms. The number of hydrogen-bond acceptors (Lipinski definition) is 4. The summed E-state index contributed by atoms with van der Waals surface area (Å²) in [6, 6.07) is 0. The van der Waals surface area contributed by atoms with E-state index in [4.69, 9.17) is 11.6 Å². The largest absolute Gasteiger partial charge is 0.368 e. The summed E-state index contributed by atoms with van der Waals surface area (Å²) in [5, 5.41) is 5.81. The number of hydrogen-bond donors (Lipinski definition) is 2. The number of nitrogens with zero attached hydrogens (tertiary/aromatic N) is 2. The molecule has 1 aromatic heterocycles. The standard InChI is InChI=1S/C7H7ClN4O/c8-7-10-3-4-6(12-7)9-2-1-5(13)11-4/h3H,1-2H2,(H,11,13)(H,9,10,12). The van der Waals surface area contributed by atoms with Gasteiger partial charge in [-0.15, -0.1) is 0 Å². The van der Waals surface area contributed by atoms with Crippen LogP contribution in [0.4, 0.5) is 11.5 Å². The summed E-state index contributed by atoms with van der Waals surface area (Å²) < 4.78 is 0. The fraction of sp³-hybridized carbons (Fsp3) is 0.286. The number of fused-ring (bicyclic) bond motifs is 1. The van der Waals surface area contributed by atoms with E-state index in [9.17, 15) is 4.79 Å². The molecule has 0 atom stereocenters. The molecule has 0 radical (unpaired) electrons. The van der Waals surface area contributed by atoms with Crippen LogP contribution in [0.3, 0.4) is 0 Å². The molecule has 0 bridgehead atoms. The third-order valence-electron chi connectivity index (χ3n) is 1.68. The fourth-order valence-electron chi connectivity index (χ4n) is 1.09. The Hall–Kier alpha value is -1.36. The highest BCUT2D eigenvalue weighted by atomic mass is 35.5. The third-order valence-corrected chi connectivity index (χ3v) is 1.86. The van der Waals surface area contributed by atoms with Crippen LogP contribution >= 0.6 is 11.6 Å². The van der Waals surface area contributed by atoms with Crippen molar-refractivity contribution in [3.05, 3.63) is 11.5 Å². The second-order valence-electron chi connectivity index (χ2n) is 2.63. The normalized spacial score (nSPS) is 15.3. The van der Waals surface area contributed by atoms with Gasteiger partial charge >= 0.3 is 0 Å². The van der Waals surface area contributed by atoms with Crippen molar-refractivity contribution in [2.24, 2.45) is 0 Å². The predicted octanol–water partition coefficient (Wildman–Crippen LogP) is 0.884. The number of carbonyl (C=O) groups excluding carboxylic acids is 1. The average molecular weight is 199 g/mol. The van der Waals surface area contributed by atoms with Crippen molar-refractivity contribution >= 4 is 29.0 Å². The predicted molar refractivity (Wildman–Crippen MR) is 48.8 cm³/mol. The maximum Gasteiger partial charge on any atom is 0.226 e. The van der Waals surface area contributed by atoms with Gasteiger partial charge in [-0.25, -0.2) is 4.98 Å². The second kappa shape index (κ2) is 3.18. The van der Waals surface area contributed by atoms with Crippen molar-refractivity contribution < 1.29 is 4.79 Å². The molecule has 2 N–H and O–H groups in total. The number of anilines is 2. The van der Waals surface area contributed by atoms with Gasteiger partial charge in [0.1, 0.15) is 5.69 Å². The summed E-state index contributed by atoms with van der Waals surface area (Å²) in [6.45, 7) is 0.562. The minimum Gasteiger partial charge on any atom is -0.368 e. The van der Waals surface area contributed by atoms with Gasteiger partial charge < -0.3 is 10.6 Å². The van der Waals surface area contributed by atoms with E-state index in [0.29, 0.717) is 24.5 Å². The van der Waals surface area contributed by atoms with Crippen molar-refractivity contribution in [1.29, 1.82) is 0 Å². The average Bonchev–Trinajstić information content (AvgIpc) is 2.25. The molecule has 0 unspecified atom stereocenters. The SMILES string of the molecule is O=C1CCNc2nc(Cl)ncc2N1. The van der Waals surface area contributed by atoms with E-state index in [1.165, 1.54) is 6.20 Å². The topological polar surface area (TPSA) is 66.9 Å². The molecule has 5 nitrogen and oxygen atoms in total. The van der Waals surface area contributed by atoms with E-state index in [0.717, 1.165) is 0 Å². The maximum absolute atomic E-state index is 11.1. The first-order valence-electron chi connectivity index (χ1n) is 3.82. The first kappa shape index (κ1) is 8.25. The Morgan fingerprint density at radius 2 is 2.38 bits per heavy atom. The van der Waals surface area contributed by atoms with Crippen molar-refractivity contribution in [2.45, 2.75) is 6.42 Å². The molecule has 0 saturated carbocycles. The zero-order valence-corrected chi connectivity index (χ0v) is 7.43. The molecule has 6 heteroatoms. The van der Waals surface area contributed by atoms with E-state index in [2.05, 4.69) is 20.6 Å². The molecule has 1 amide bonds. The number of aromatic nitrogens is 2. The fourth-order valence-corrected chi connectivity index (χ4v) is 1.23. The molecule has 0 aliphatic carbocycles. The number of nitrogens with one attached hydrogen (secondary N) is 2. The quantitative estimate of drug-likeness (QED) is 0.608. The lowest BCUT2D eigenvalue weighted by atomic mass is 10.4. The smallest absolute Gasteiger partial charge is 0.226 e. The number of carbonyl (C=O) groups is 1. The van der Waals surface area contributed by atoms with E-state index in [-0.39, 0.29) is 11.2 Å². The van der Waals surface area contributed by atoms with Gasteiger partial charge in [-0.1, -0.05) is 0 Å². The Labute approximate surface area is 79.5 Å². The van der Waals surface area contributed by atoms with Gasteiger partial charge in [0.15, 0.2) is 5.82 Å². The van der Waals surface area contributed by atoms with Crippen LogP contribution in [0.1, 0.15) is 6.42 Å². The molecule has 2 rings (SSSR count). The zero-order valence-electron chi connectivity index (χ0n) is 6.67. The second-order valence-corrected chi connectivity index (χ2v) is 2.96. The van der Waals surface area contributed by atoms with Crippen molar-refractivity contribution in [2.75, 3.05) is 17.2 Å². The van der Waals surface area contributed by atoms with Crippen LogP contribution in [0.5, 0.6) is 0 Å². The van der Waals surface area contributed by atoms with E-state index >= 15 is 0 Å². The number of amides is 1. The van der Waals surface area contributed by atoms with Gasteiger partial charge in [0.25, 0.3) is 0 Å². The summed E-state index contributed by atoms with van der Waals surface area (Å²) in [6.07, 6.45) is 1.91. The van der Waals surface area contributed by atoms with Crippen LogP contribution in [0.25, 0.3) is 0 Å². The van der Waals surface area contributed by atoms with E-state index in [1.807, 2.05) is 0 Å². The Bertz CT molecular complexity index is 354. The van der Waals surface area contributed by atoms with Crippen molar-refractivity contribution in [1.82, 2.24) is 9.97 Å². The van der Waals surface area contributed by atoms with Gasteiger partial charge in [-0.3, -0.25) is 4.79 Å². The minimum absolute atomic E-state index is 0.0443. The Balaban J connectivity index is 2.40. The van der Waals surface area contributed by atoms with Crippen molar-refractivity contribution in [3.8, 4) is 0 Å². The molecule has 0 spiro atoms. The zero-order chi connectivity index (χ0) is 9.26. The highest BCUT2D eigenvalue weighted by Gasteiger charge is 2.13. The van der Waals surface area contributed by atoms with Crippen LogP contribution in [0.2, 0.25) is 5.28 Å². The minimum atomic E-state index is -0.0443. The van der Waals surface area contributed by atoms with Crippen LogP contribution in [-0.4, -0.2) is 22.4 Å². The Kier molecular flexibility index (Phi) is 2.02. The highest BCUT2D eigenvalue weighted by molar-refractivity contribution is 6.28. The molecular formula is C7H7ClN4O. The Morgan fingerprint density at radius 3 is 3.23 bits per heavy atom. The van der Waals surface area contributed by atoms with Crippen LogP contribution in [0.15, 0.2) is 6.20 Å². The first-order valence-corrected chi connectivity index (χ1v) is 4.20. The summed E-state index contributed by atoms with van der Waals surface area (Å²) in [4.78, 5) is 18.8. The van der Waals surface area contributed by atoms with Gasteiger partial charge in [0.05, 0.1) is 6.20 Å². The van der Waals surface area contributed by atoms with E-state index in [1.54, 1.807) is 0 Å². The molecule has 2 heterocycles. The number of rotatable bonds is 0. The van der Waals surface area contributed by atoms with Crippen LogP contribution < -0.4 is 10.6 Å². The lowest BCUT2D eigenvalue weighted by Crippen LogP contribution is -2.10. The summed E-state index contributed by atoms with van der Waals surface area (Å²) in [7, 11) is 0. The molecule has 0 fully saturated rings. The van der Waals surface area contributed by atoms with Gasteiger partial charge in [-0.05, 0) is 11.6 Å². The Morgan fingerprint density at radius 1 is 1.54 bits per heavy atom. The summed E-state index contributed by atoms with van der Waals surface area (Å²) in [5.74, 6) is 0.531. The highest BCUT2D eigenvalue weighted by Crippen LogP contribution is 2.21. The third kappa shape index (κ3) is 1.70. The van der Waals surface area contributed by atoms with Gasteiger partial charge in [-0.2, -0.15) is 4.98 Å². The molecule has 0 saturated heterocycles. The number of halogens is 1. The molecular weight excluding hydrogens is 192 g/mol. The molecule has 1 aliphatic heterocycles. The molecule has 68 valence electrons. The lowest BCUT2D eigenvalue weighted by Gasteiger charge is -2.04. The molecule has 1 aromatic rings. The molecule has 0 aromatic carbocycles. The van der Waals surface area contributed by atoms with Crippen LogP contribution in [0, 0.1) is 0 Å². The summed E-state index contributed by atoms with van der Waals surface area (Å²) in [5.41, 5.74) is 0.576. The van der Waals surface area contributed by atoms with Gasteiger partial charge in [0.2, 0.25) is 11.2 Å². The summed E-state index contributed by atoms with van der Waals surface area (Å²) >= 11 is 5.59. The monoisotopic (exact) mass is 198 g/mol. The van der Waals surface area contributed by atoms with Crippen LogP contribution in [-0.2, 0) is 4.79 Å². The van der Waals surface area contributed by atoms with Gasteiger partial charge in [0, 0.05) is 13.0 Å². The lowest BCUT2D eigenvalue weighted by molar-refractivity contribution is -0.115. The maximum atomic E-state index is 11.1. The first-order chi connectivity index (χ1) is 6.25. The van der Waals surface area contributed by atoms with E-state index < -0.39 is 0 Å². The molecule has 1 aliphatic rings.